The number of benzene rings is 1. The number of nitrogens with one attached hydrogen (secondary N) is 2. The molecule has 1 aromatic carbocycles. The summed E-state index contributed by atoms with van der Waals surface area (Å²) in [5, 5.41) is 5.97. The molecule has 1 saturated heterocycles. The first-order chi connectivity index (χ1) is 12.0. The van der Waals surface area contributed by atoms with E-state index in [2.05, 4.69) is 10.6 Å². The summed E-state index contributed by atoms with van der Waals surface area (Å²) >= 11 is 0. The first kappa shape index (κ1) is 22.1. The molecule has 1 heterocycles. The Kier molecular flexibility index (Phi) is 9.29. The van der Waals surface area contributed by atoms with Crippen LogP contribution in [0.2, 0.25) is 0 Å². The van der Waals surface area contributed by atoms with E-state index in [1.165, 1.54) is 6.07 Å². The van der Waals surface area contributed by atoms with Gasteiger partial charge in [0.05, 0.1) is 6.61 Å². The van der Waals surface area contributed by atoms with Crippen LogP contribution in [0.1, 0.15) is 30.1 Å². The van der Waals surface area contributed by atoms with E-state index in [4.69, 9.17) is 4.74 Å². The highest BCUT2D eigenvalue weighted by Gasteiger charge is 2.23. The standard InChI is InChI=1S/C17H23F2N3O3.ClH/c1-2-25-17(24)22-9-5-13(6-10-22)20-7-8-21-16(23)12-3-4-14(18)15(19)11-12;/h3-4,11,13,20H,2,5-10H2,1H3,(H,21,23);1H. The Bertz CT molecular complexity index is 611. The lowest BCUT2D eigenvalue weighted by Crippen LogP contribution is -2.46. The van der Waals surface area contributed by atoms with Gasteiger partial charge in [-0.15, -0.1) is 12.4 Å². The van der Waals surface area contributed by atoms with Crippen molar-refractivity contribution < 1.29 is 23.1 Å². The number of carbonyl (C=O) groups is 2. The van der Waals surface area contributed by atoms with Gasteiger partial charge in [0, 0.05) is 37.8 Å². The van der Waals surface area contributed by atoms with Crippen LogP contribution in [0.5, 0.6) is 0 Å². The highest BCUT2D eigenvalue weighted by molar-refractivity contribution is 5.94. The smallest absolute Gasteiger partial charge is 0.409 e. The molecule has 2 amide bonds. The van der Waals surface area contributed by atoms with Crippen LogP contribution in [0.25, 0.3) is 0 Å². The van der Waals surface area contributed by atoms with E-state index >= 15 is 0 Å². The van der Waals surface area contributed by atoms with Crippen LogP contribution >= 0.6 is 12.4 Å². The second-order valence-corrected chi connectivity index (χ2v) is 5.80. The summed E-state index contributed by atoms with van der Waals surface area (Å²) in [6, 6.07) is 3.32. The van der Waals surface area contributed by atoms with Gasteiger partial charge in [0.15, 0.2) is 11.6 Å². The zero-order chi connectivity index (χ0) is 18.2. The minimum atomic E-state index is -1.04. The normalized spacial score (nSPS) is 14.5. The maximum absolute atomic E-state index is 13.1. The molecule has 1 fully saturated rings. The number of hydrogen-bond donors (Lipinski definition) is 2. The van der Waals surface area contributed by atoms with E-state index in [1.54, 1.807) is 11.8 Å². The molecule has 0 radical (unpaired) electrons. The molecule has 1 aromatic rings. The summed E-state index contributed by atoms with van der Waals surface area (Å²) in [5.74, 6) is -2.47. The van der Waals surface area contributed by atoms with Crippen LogP contribution < -0.4 is 10.6 Å². The molecule has 6 nitrogen and oxygen atoms in total. The van der Waals surface area contributed by atoms with Crippen molar-refractivity contribution in [3.8, 4) is 0 Å². The lowest BCUT2D eigenvalue weighted by molar-refractivity contribution is 0.0930. The molecule has 0 unspecified atom stereocenters. The summed E-state index contributed by atoms with van der Waals surface area (Å²) in [6.45, 7) is 4.35. The SMILES string of the molecule is CCOC(=O)N1CCC(NCCNC(=O)c2ccc(F)c(F)c2)CC1.Cl. The zero-order valence-electron chi connectivity index (χ0n) is 14.6. The number of rotatable bonds is 6. The predicted octanol–water partition coefficient (Wildman–Crippen LogP) is 2.33. The Hall–Kier alpha value is -1.93. The Morgan fingerprint density at radius 2 is 1.88 bits per heavy atom. The second-order valence-electron chi connectivity index (χ2n) is 5.80. The van der Waals surface area contributed by atoms with Gasteiger partial charge in [-0.2, -0.15) is 0 Å². The largest absolute Gasteiger partial charge is 0.450 e. The van der Waals surface area contributed by atoms with Gasteiger partial charge in [0.25, 0.3) is 5.91 Å². The fourth-order valence-electron chi connectivity index (χ4n) is 2.67. The molecule has 0 atom stereocenters. The van der Waals surface area contributed by atoms with E-state index in [9.17, 15) is 18.4 Å². The lowest BCUT2D eigenvalue weighted by Gasteiger charge is -2.31. The third-order valence-electron chi connectivity index (χ3n) is 4.05. The van der Waals surface area contributed by atoms with Crippen LogP contribution in [-0.2, 0) is 4.74 Å². The maximum atomic E-state index is 13.1. The van der Waals surface area contributed by atoms with Crippen molar-refractivity contribution in [2.24, 2.45) is 0 Å². The number of nitrogens with zero attached hydrogens (tertiary/aromatic N) is 1. The molecule has 146 valence electrons. The van der Waals surface area contributed by atoms with Crippen LogP contribution in [-0.4, -0.2) is 55.7 Å². The molecule has 9 heteroatoms. The van der Waals surface area contributed by atoms with Crippen molar-refractivity contribution in [3.63, 3.8) is 0 Å². The van der Waals surface area contributed by atoms with Crippen molar-refractivity contribution in [2.45, 2.75) is 25.8 Å². The quantitative estimate of drug-likeness (QED) is 0.730. The number of amides is 2. The molecule has 1 aliphatic rings. The molecule has 0 spiro atoms. The fourth-order valence-corrected chi connectivity index (χ4v) is 2.67. The number of ether oxygens (including phenoxy) is 1. The van der Waals surface area contributed by atoms with Gasteiger partial charge in [-0.1, -0.05) is 0 Å². The minimum Gasteiger partial charge on any atom is -0.450 e. The van der Waals surface area contributed by atoms with Gasteiger partial charge in [-0.3, -0.25) is 4.79 Å². The Morgan fingerprint density at radius 3 is 2.50 bits per heavy atom. The minimum absolute atomic E-state index is 0. The summed E-state index contributed by atoms with van der Waals surface area (Å²) in [4.78, 5) is 25.1. The third kappa shape index (κ3) is 6.42. The number of hydrogen-bond acceptors (Lipinski definition) is 4. The van der Waals surface area contributed by atoms with E-state index in [-0.39, 0.29) is 30.1 Å². The van der Waals surface area contributed by atoms with Gasteiger partial charge >= 0.3 is 6.09 Å². The lowest BCUT2D eigenvalue weighted by atomic mass is 10.1. The topological polar surface area (TPSA) is 70.7 Å². The van der Waals surface area contributed by atoms with Gasteiger partial charge in [0.1, 0.15) is 0 Å². The molecular weight excluding hydrogens is 368 g/mol. The Balaban J connectivity index is 0.00000338. The van der Waals surface area contributed by atoms with Crippen LogP contribution in [0.3, 0.4) is 0 Å². The van der Waals surface area contributed by atoms with Crippen LogP contribution in [0.4, 0.5) is 13.6 Å². The predicted molar refractivity (Wildman–Crippen MR) is 95.6 cm³/mol. The molecular formula is C17H24ClF2N3O3. The Morgan fingerprint density at radius 1 is 1.19 bits per heavy atom. The van der Waals surface area contributed by atoms with E-state index < -0.39 is 17.5 Å². The second kappa shape index (κ2) is 10.9. The molecule has 0 bridgehead atoms. The van der Waals surface area contributed by atoms with Crippen molar-refractivity contribution in [1.82, 2.24) is 15.5 Å². The van der Waals surface area contributed by atoms with Crippen LogP contribution in [0, 0.1) is 11.6 Å². The van der Waals surface area contributed by atoms with Crippen LogP contribution in [0.15, 0.2) is 18.2 Å². The summed E-state index contributed by atoms with van der Waals surface area (Å²) < 4.78 is 30.9. The van der Waals surface area contributed by atoms with Crippen molar-refractivity contribution in [2.75, 3.05) is 32.8 Å². The maximum Gasteiger partial charge on any atom is 0.409 e. The average Bonchev–Trinajstić information content (AvgIpc) is 2.61. The molecule has 26 heavy (non-hydrogen) atoms. The summed E-state index contributed by atoms with van der Waals surface area (Å²) in [7, 11) is 0. The Labute approximate surface area is 157 Å². The third-order valence-corrected chi connectivity index (χ3v) is 4.05. The van der Waals surface area contributed by atoms with Crippen molar-refractivity contribution in [1.29, 1.82) is 0 Å². The van der Waals surface area contributed by atoms with Gasteiger partial charge in [0.2, 0.25) is 0 Å². The number of halogens is 3. The number of likely N-dealkylation sites (tertiary alicyclic amines) is 1. The molecule has 0 aromatic heterocycles. The average molecular weight is 392 g/mol. The zero-order valence-corrected chi connectivity index (χ0v) is 15.4. The van der Waals surface area contributed by atoms with Crippen molar-refractivity contribution >= 4 is 24.4 Å². The first-order valence-electron chi connectivity index (χ1n) is 8.39. The van der Waals surface area contributed by atoms with E-state index in [1.807, 2.05) is 0 Å². The van der Waals surface area contributed by atoms with Gasteiger partial charge < -0.3 is 20.3 Å². The monoisotopic (exact) mass is 391 g/mol. The van der Waals surface area contributed by atoms with Crippen molar-refractivity contribution in [3.05, 3.63) is 35.4 Å². The fraction of sp³-hybridized carbons (Fsp3) is 0.529. The van der Waals surface area contributed by atoms with Gasteiger partial charge in [-0.25, -0.2) is 13.6 Å². The molecule has 0 saturated carbocycles. The summed E-state index contributed by atoms with van der Waals surface area (Å²) in [6.07, 6.45) is 1.35. The summed E-state index contributed by atoms with van der Waals surface area (Å²) in [5.41, 5.74) is 0.0849. The van der Waals surface area contributed by atoms with E-state index in [0.29, 0.717) is 32.8 Å². The molecule has 2 rings (SSSR count). The first-order valence-corrected chi connectivity index (χ1v) is 8.39. The highest BCUT2D eigenvalue weighted by Crippen LogP contribution is 2.11. The highest BCUT2D eigenvalue weighted by atomic mass is 35.5. The van der Waals surface area contributed by atoms with Gasteiger partial charge in [-0.05, 0) is 38.0 Å². The number of piperidine rings is 1. The number of carbonyl (C=O) groups excluding carboxylic acids is 2. The van der Waals surface area contributed by atoms with E-state index in [0.717, 1.165) is 25.0 Å². The molecule has 1 aliphatic heterocycles. The molecule has 0 aliphatic carbocycles. The molecule has 2 N–H and O–H groups in total.